The maximum Gasteiger partial charge on any atom is 0.361 e. The summed E-state index contributed by atoms with van der Waals surface area (Å²) in [5.41, 5.74) is 0.586. The SMILES string of the molecule is CON=C(C(=O)O[C@H]1/C(C)=C/C[C@@H]2C[C@@H](CC3(CC[C@H](C)[C@@H](C(C)C)O3)O2)OC(=O)[C@@H]2C=C(COC(=O)C=C(C)C)[C@@H](O)C3OC/C(=C\C=C\[C@@H]1C)[C@]32O)c1ccccc1. The molecule has 0 amide bonds. The van der Waals surface area contributed by atoms with E-state index in [4.69, 9.17) is 33.3 Å². The number of hydrogen-bond acceptors (Lipinski definition) is 13. The summed E-state index contributed by atoms with van der Waals surface area (Å²) < 4.78 is 37.8. The third kappa shape index (κ3) is 9.87. The molecule has 1 aromatic rings. The number of ether oxygens (including phenoxy) is 6. The van der Waals surface area contributed by atoms with E-state index in [1.54, 1.807) is 50.3 Å². The van der Waals surface area contributed by atoms with Gasteiger partial charge < -0.3 is 43.5 Å². The molecule has 4 aliphatic heterocycles. The first-order valence-electron chi connectivity index (χ1n) is 21.1. The number of aliphatic hydroxyl groups is 2. The molecule has 1 spiro atoms. The molecule has 1 aromatic carbocycles. The van der Waals surface area contributed by atoms with E-state index in [-0.39, 0.29) is 42.9 Å². The summed E-state index contributed by atoms with van der Waals surface area (Å²) in [5, 5.41) is 28.2. The Hall–Kier alpha value is -4.40. The van der Waals surface area contributed by atoms with Gasteiger partial charge in [-0.3, -0.25) is 4.79 Å². The van der Waals surface area contributed by atoms with E-state index in [0.717, 1.165) is 17.6 Å². The Morgan fingerprint density at radius 1 is 1.10 bits per heavy atom. The van der Waals surface area contributed by atoms with Crippen LogP contribution in [-0.2, 0) is 47.6 Å². The number of allylic oxidation sites excluding steroid dienone is 3. The van der Waals surface area contributed by atoms with Crippen molar-refractivity contribution in [2.75, 3.05) is 20.3 Å². The van der Waals surface area contributed by atoms with Crippen LogP contribution in [0.4, 0.5) is 0 Å². The van der Waals surface area contributed by atoms with E-state index >= 15 is 0 Å². The second-order valence-corrected chi connectivity index (χ2v) is 17.5. The average Bonchev–Trinajstić information content (AvgIpc) is 3.54. The average molecular weight is 832 g/mol. The number of esters is 3. The summed E-state index contributed by atoms with van der Waals surface area (Å²) in [4.78, 5) is 46.0. The molecule has 13 heteroatoms. The Labute approximate surface area is 353 Å². The van der Waals surface area contributed by atoms with Crippen molar-refractivity contribution in [3.05, 3.63) is 94.6 Å². The molecule has 60 heavy (non-hydrogen) atoms. The summed E-state index contributed by atoms with van der Waals surface area (Å²) in [7, 11) is 1.37. The first kappa shape index (κ1) is 45.1. The lowest BCUT2D eigenvalue weighted by atomic mass is 9.70. The van der Waals surface area contributed by atoms with Crippen molar-refractivity contribution in [1.82, 2.24) is 0 Å². The summed E-state index contributed by atoms with van der Waals surface area (Å²) in [6.45, 7) is 13.3. The lowest BCUT2D eigenvalue weighted by Gasteiger charge is -2.50. The van der Waals surface area contributed by atoms with Crippen LogP contribution in [0.3, 0.4) is 0 Å². The van der Waals surface area contributed by atoms with Crippen LogP contribution in [0.25, 0.3) is 0 Å². The van der Waals surface area contributed by atoms with Crippen LogP contribution >= 0.6 is 0 Å². The van der Waals surface area contributed by atoms with Crippen LogP contribution < -0.4 is 0 Å². The topological polar surface area (TPSA) is 169 Å². The Kier molecular flexibility index (Phi) is 14.4. The van der Waals surface area contributed by atoms with Gasteiger partial charge in [-0.1, -0.05) is 99.1 Å². The fraction of sp³-hybridized carbons (Fsp3) is 0.574. The van der Waals surface area contributed by atoms with Crippen LogP contribution in [0.5, 0.6) is 0 Å². The summed E-state index contributed by atoms with van der Waals surface area (Å²) >= 11 is 0. The van der Waals surface area contributed by atoms with Crippen LogP contribution in [0.2, 0.25) is 0 Å². The number of benzene rings is 1. The number of nitrogens with zero attached hydrogens (tertiary/aromatic N) is 1. The van der Waals surface area contributed by atoms with Crippen molar-refractivity contribution < 1.29 is 57.9 Å². The van der Waals surface area contributed by atoms with Gasteiger partial charge in [0, 0.05) is 36.8 Å². The molecule has 6 rings (SSSR count). The predicted molar refractivity (Wildman–Crippen MR) is 222 cm³/mol. The smallest absolute Gasteiger partial charge is 0.361 e. The summed E-state index contributed by atoms with van der Waals surface area (Å²) in [6.07, 6.45) is 7.81. The minimum absolute atomic E-state index is 0.0133. The molecular weight excluding hydrogens is 771 g/mol. The highest BCUT2D eigenvalue weighted by atomic mass is 16.7. The molecule has 5 aliphatic rings. The molecule has 2 unspecified atom stereocenters. The Morgan fingerprint density at radius 3 is 2.55 bits per heavy atom. The summed E-state index contributed by atoms with van der Waals surface area (Å²) in [6, 6.07) is 8.93. The van der Waals surface area contributed by atoms with Gasteiger partial charge >= 0.3 is 17.9 Å². The molecule has 0 aromatic heterocycles. The van der Waals surface area contributed by atoms with Gasteiger partial charge in [-0.05, 0) is 62.2 Å². The van der Waals surface area contributed by atoms with Crippen molar-refractivity contribution in [2.45, 2.75) is 129 Å². The first-order valence-corrected chi connectivity index (χ1v) is 21.1. The molecule has 3 fully saturated rings. The lowest BCUT2D eigenvalue weighted by molar-refractivity contribution is -0.340. The predicted octanol–water partition coefficient (Wildman–Crippen LogP) is 6.23. The number of hydrogen-bond donors (Lipinski definition) is 2. The normalized spacial score (nSPS) is 37.0. The van der Waals surface area contributed by atoms with Gasteiger partial charge in [0.25, 0.3) is 0 Å². The summed E-state index contributed by atoms with van der Waals surface area (Å²) in [5.74, 6) is -4.24. The van der Waals surface area contributed by atoms with Crippen molar-refractivity contribution in [3.63, 3.8) is 0 Å². The van der Waals surface area contributed by atoms with Crippen LogP contribution in [0.1, 0.15) is 86.1 Å². The first-order chi connectivity index (χ1) is 28.5. The molecular formula is C47H61NO12. The number of fused-ring (bicyclic) bond motifs is 2. The zero-order valence-electron chi connectivity index (χ0n) is 36.0. The molecule has 2 bridgehead atoms. The van der Waals surface area contributed by atoms with Gasteiger partial charge in [-0.15, -0.1) is 0 Å². The largest absolute Gasteiger partial charge is 0.462 e. The molecule has 3 saturated heterocycles. The quantitative estimate of drug-likeness (QED) is 0.0758. The van der Waals surface area contributed by atoms with Crippen LogP contribution in [-0.4, -0.2) is 102 Å². The zero-order chi connectivity index (χ0) is 43.4. The zero-order valence-corrected chi connectivity index (χ0v) is 36.0. The van der Waals surface area contributed by atoms with Gasteiger partial charge in [0.2, 0.25) is 0 Å². The Bertz CT molecular complexity index is 1930. The van der Waals surface area contributed by atoms with Crippen molar-refractivity contribution in [2.24, 2.45) is 28.8 Å². The third-order valence-electron chi connectivity index (χ3n) is 12.2. The molecule has 0 saturated carbocycles. The molecule has 1 aliphatic carbocycles. The monoisotopic (exact) mass is 831 g/mol. The van der Waals surface area contributed by atoms with E-state index < -0.39 is 71.7 Å². The van der Waals surface area contributed by atoms with Crippen LogP contribution in [0, 0.1) is 23.7 Å². The minimum atomic E-state index is -2.01. The second-order valence-electron chi connectivity index (χ2n) is 17.5. The Morgan fingerprint density at radius 2 is 1.85 bits per heavy atom. The Balaban J connectivity index is 1.41. The number of aliphatic hydroxyl groups excluding tert-OH is 1. The molecule has 13 nitrogen and oxygen atoms in total. The highest BCUT2D eigenvalue weighted by molar-refractivity contribution is 6.43. The minimum Gasteiger partial charge on any atom is -0.462 e. The van der Waals surface area contributed by atoms with E-state index in [1.165, 1.54) is 19.3 Å². The maximum absolute atomic E-state index is 14.6. The van der Waals surface area contributed by atoms with Crippen molar-refractivity contribution in [1.29, 1.82) is 0 Å². The van der Waals surface area contributed by atoms with E-state index in [9.17, 15) is 24.6 Å². The number of rotatable bonds is 8. The van der Waals surface area contributed by atoms with E-state index in [2.05, 4.69) is 25.9 Å². The molecule has 4 heterocycles. The number of carbonyl (C=O) groups is 3. The van der Waals surface area contributed by atoms with Gasteiger partial charge in [-0.2, -0.15) is 0 Å². The number of oxime groups is 1. The fourth-order valence-electron chi connectivity index (χ4n) is 9.16. The van der Waals surface area contributed by atoms with Crippen molar-refractivity contribution in [3.8, 4) is 0 Å². The highest BCUT2D eigenvalue weighted by Gasteiger charge is 2.60. The highest BCUT2D eigenvalue weighted by Crippen LogP contribution is 2.48. The molecule has 326 valence electrons. The van der Waals surface area contributed by atoms with E-state index in [1.807, 2.05) is 32.1 Å². The van der Waals surface area contributed by atoms with Gasteiger partial charge in [0.1, 0.15) is 49.7 Å². The fourth-order valence-corrected chi connectivity index (χ4v) is 9.16. The van der Waals surface area contributed by atoms with Gasteiger partial charge in [0.15, 0.2) is 11.5 Å². The molecule has 0 radical (unpaired) electrons. The van der Waals surface area contributed by atoms with E-state index in [0.29, 0.717) is 36.3 Å². The number of carbonyl (C=O) groups excluding carboxylic acids is 3. The van der Waals surface area contributed by atoms with Gasteiger partial charge in [-0.25, -0.2) is 9.59 Å². The molecule has 2 N–H and O–H groups in total. The second kappa shape index (κ2) is 19.1. The standard InChI is InChI=1S/C47H61NO12/c1-27(2)21-38(49)55-25-33-22-37-44(51)57-36-23-35(59-46(24-36)20-19-31(7)41(60-46)28(3)4)18-17-30(6)42(58-45(52)39(48-54-8)32-14-10-9-11-15-32)29(5)13-12-16-34-26-56-43(40(33)50)47(34,37)53/h9-17,21-22,28-29,31,35-37,40-43,50,53H,18-20,23-26H2,1-8H3/b13-12+,30-17+,34-16+,48-39?/t29-,31-,35+,36-,37-,40+,41+,42+,43?,46?,47+/m0/s1. The third-order valence-corrected chi connectivity index (χ3v) is 12.2. The van der Waals surface area contributed by atoms with Gasteiger partial charge in [0.05, 0.1) is 18.8 Å². The maximum atomic E-state index is 14.6. The lowest BCUT2D eigenvalue weighted by Crippen LogP contribution is -2.59. The molecule has 11 atom stereocenters. The van der Waals surface area contributed by atoms with Crippen molar-refractivity contribution >= 4 is 23.6 Å². The van der Waals surface area contributed by atoms with Crippen LogP contribution in [0.15, 0.2) is 94.2 Å².